The lowest BCUT2D eigenvalue weighted by atomic mass is 10.1. The van der Waals surface area contributed by atoms with Crippen molar-refractivity contribution in [3.63, 3.8) is 0 Å². The molecule has 0 radical (unpaired) electrons. The zero-order valence-corrected chi connectivity index (χ0v) is 12.6. The molecule has 0 aliphatic rings. The molecular formula is C18H20O4. The Morgan fingerprint density at radius 2 is 1.86 bits per heavy atom. The Balaban J connectivity index is 2.05. The average Bonchev–Trinajstić information content (AvgIpc) is 2.53. The van der Waals surface area contributed by atoms with E-state index in [9.17, 15) is 4.79 Å². The maximum atomic E-state index is 10.7. The molecule has 1 N–H and O–H groups in total. The van der Waals surface area contributed by atoms with Crippen LogP contribution in [0.15, 0.2) is 48.5 Å². The summed E-state index contributed by atoms with van der Waals surface area (Å²) in [5.74, 6) is 0.590. The molecule has 0 fully saturated rings. The van der Waals surface area contributed by atoms with Gasteiger partial charge in [-0.15, -0.1) is 0 Å². The van der Waals surface area contributed by atoms with E-state index in [1.54, 1.807) is 0 Å². The summed E-state index contributed by atoms with van der Waals surface area (Å²) >= 11 is 0. The van der Waals surface area contributed by atoms with E-state index < -0.39 is 5.97 Å². The zero-order valence-electron chi connectivity index (χ0n) is 12.6. The zero-order chi connectivity index (χ0) is 15.8. The highest BCUT2D eigenvalue weighted by atomic mass is 16.5. The van der Waals surface area contributed by atoms with Gasteiger partial charge >= 0.3 is 5.97 Å². The van der Waals surface area contributed by atoms with Crippen LogP contribution in [0.4, 0.5) is 0 Å². The molecule has 0 amide bonds. The van der Waals surface area contributed by atoms with E-state index in [2.05, 4.69) is 0 Å². The van der Waals surface area contributed by atoms with Gasteiger partial charge in [-0.25, -0.2) is 0 Å². The maximum absolute atomic E-state index is 10.7. The van der Waals surface area contributed by atoms with Crippen LogP contribution < -0.4 is 9.47 Å². The minimum atomic E-state index is -0.813. The first kappa shape index (κ1) is 15.9. The highest BCUT2D eigenvalue weighted by Crippen LogP contribution is 2.26. The van der Waals surface area contributed by atoms with Gasteiger partial charge in [0.05, 0.1) is 6.61 Å². The number of hydrogen-bond acceptors (Lipinski definition) is 3. The Morgan fingerprint density at radius 1 is 1.09 bits per heavy atom. The molecule has 0 spiro atoms. The summed E-state index contributed by atoms with van der Waals surface area (Å²) in [6.07, 6.45) is 0.536. The van der Waals surface area contributed by atoms with Gasteiger partial charge in [0.25, 0.3) is 0 Å². The van der Waals surface area contributed by atoms with E-state index >= 15 is 0 Å². The number of rotatable bonds is 8. The Kier molecular flexibility index (Phi) is 5.83. The fraction of sp³-hybridized carbons (Fsp3) is 0.278. The summed E-state index contributed by atoms with van der Waals surface area (Å²) in [5, 5.41) is 8.79. The van der Waals surface area contributed by atoms with E-state index in [0.29, 0.717) is 31.1 Å². The topological polar surface area (TPSA) is 55.8 Å². The normalized spacial score (nSPS) is 10.2. The summed E-state index contributed by atoms with van der Waals surface area (Å²) in [6.45, 7) is 2.92. The highest BCUT2D eigenvalue weighted by Gasteiger charge is 2.08. The van der Waals surface area contributed by atoms with Gasteiger partial charge in [-0.3, -0.25) is 4.79 Å². The molecule has 0 aromatic heterocycles. The third-order valence-electron chi connectivity index (χ3n) is 3.19. The van der Waals surface area contributed by atoms with E-state index in [-0.39, 0.29) is 6.42 Å². The number of ether oxygens (including phenoxy) is 2. The van der Waals surface area contributed by atoms with Crippen molar-refractivity contribution in [2.75, 3.05) is 6.61 Å². The lowest BCUT2D eigenvalue weighted by Gasteiger charge is -2.12. The van der Waals surface area contributed by atoms with Gasteiger partial charge in [0.2, 0.25) is 0 Å². The van der Waals surface area contributed by atoms with Crippen molar-refractivity contribution >= 4 is 5.97 Å². The molecule has 4 nitrogen and oxygen atoms in total. The van der Waals surface area contributed by atoms with Gasteiger partial charge in [-0.1, -0.05) is 36.4 Å². The Hall–Kier alpha value is -2.49. The fourth-order valence-corrected chi connectivity index (χ4v) is 2.10. The first-order valence-electron chi connectivity index (χ1n) is 7.33. The van der Waals surface area contributed by atoms with Crippen LogP contribution in [0.1, 0.15) is 24.5 Å². The minimum Gasteiger partial charge on any atom is -0.493 e. The predicted octanol–water partition coefficient (Wildman–Crippen LogP) is 3.68. The molecule has 0 saturated heterocycles. The van der Waals surface area contributed by atoms with Crippen molar-refractivity contribution in [1.29, 1.82) is 0 Å². The quantitative estimate of drug-likeness (QED) is 0.808. The van der Waals surface area contributed by atoms with E-state index in [1.165, 1.54) is 0 Å². The molecule has 0 aliphatic carbocycles. The van der Waals surface area contributed by atoms with Crippen LogP contribution in [0.2, 0.25) is 0 Å². The summed E-state index contributed by atoms with van der Waals surface area (Å²) in [5.41, 5.74) is 1.98. The number of carbonyl (C=O) groups is 1. The van der Waals surface area contributed by atoms with Crippen LogP contribution in [0.5, 0.6) is 11.5 Å². The van der Waals surface area contributed by atoms with Gasteiger partial charge in [-0.2, -0.15) is 0 Å². The Labute approximate surface area is 130 Å². The van der Waals surface area contributed by atoms with Crippen molar-refractivity contribution in [2.45, 2.75) is 26.4 Å². The number of benzene rings is 2. The van der Waals surface area contributed by atoms with Crippen LogP contribution in [-0.4, -0.2) is 17.7 Å². The fourth-order valence-electron chi connectivity index (χ4n) is 2.10. The number of carboxylic acid groups (broad SMARTS) is 1. The van der Waals surface area contributed by atoms with Crippen LogP contribution in [0, 0.1) is 0 Å². The van der Waals surface area contributed by atoms with E-state index in [4.69, 9.17) is 14.6 Å². The first-order chi connectivity index (χ1) is 10.7. The molecule has 2 rings (SSSR count). The van der Waals surface area contributed by atoms with Crippen LogP contribution >= 0.6 is 0 Å². The maximum Gasteiger partial charge on any atom is 0.303 e. The van der Waals surface area contributed by atoms with Crippen LogP contribution in [0.25, 0.3) is 0 Å². The SMILES string of the molecule is CCOc1cc(OCc2ccccc2)ccc1CCC(=O)O. The van der Waals surface area contributed by atoms with Crippen molar-refractivity contribution in [3.05, 3.63) is 59.7 Å². The molecule has 0 atom stereocenters. The second kappa shape index (κ2) is 8.08. The number of hydrogen-bond donors (Lipinski definition) is 1. The summed E-state index contributed by atoms with van der Waals surface area (Å²) in [4.78, 5) is 10.7. The monoisotopic (exact) mass is 300 g/mol. The van der Waals surface area contributed by atoms with Gasteiger partial charge in [-0.05, 0) is 30.5 Å². The molecule has 0 bridgehead atoms. The minimum absolute atomic E-state index is 0.0876. The Bertz CT molecular complexity index is 608. The van der Waals surface area contributed by atoms with E-state index in [1.807, 2.05) is 55.5 Å². The third kappa shape index (κ3) is 4.81. The predicted molar refractivity (Wildman–Crippen MR) is 84.3 cm³/mol. The molecule has 0 heterocycles. The summed E-state index contributed by atoms with van der Waals surface area (Å²) in [6, 6.07) is 15.5. The average molecular weight is 300 g/mol. The van der Waals surface area contributed by atoms with Gasteiger partial charge in [0.1, 0.15) is 18.1 Å². The summed E-state index contributed by atoms with van der Waals surface area (Å²) in [7, 11) is 0. The number of aliphatic carboxylic acids is 1. The molecule has 2 aromatic carbocycles. The molecule has 2 aromatic rings. The van der Waals surface area contributed by atoms with E-state index in [0.717, 1.165) is 11.1 Å². The standard InChI is InChI=1S/C18H20O4/c1-2-21-17-12-16(10-8-15(17)9-11-18(19)20)22-13-14-6-4-3-5-7-14/h3-8,10,12H,2,9,11,13H2,1H3,(H,19,20). The molecular weight excluding hydrogens is 280 g/mol. The van der Waals surface area contributed by atoms with Gasteiger partial charge < -0.3 is 14.6 Å². The molecule has 22 heavy (non-hydrogen) atoms. The van der Waals surface area contributed by atoms with Crippen LogP contribution in [-0.2, 0) is 17.8 Å². The van der Waals surface area contributed by atoms with Gasteiger partial charge in [0, 0.05) is 12.5 Å². The molecule has 0 unspecified atom stereocenters. The smallest absolute Gasteiger partial charge is 0.303 e. The molecule has 116 valence electrons. The second-order valence-corrected chi connectivity index (χ2v) is 4.87. The van der Waals surface area contributed by atoms with Crippen molar-refractivity contribution in [3.8, 4) is 11.5 Å². The van der Waals surface area contributed by atoms with Crippen molar-refractivity contribution in [1.82, 2.24) is 0 Å². The molecule has 0 aliphatic heterocycles. The third-order valence-corrected chi connectivity index (χ3v) is 3.19. The second-order valence-electron chi connectivity index (χ2n) is 4.87. The van der Waals surface area contributed by atoms with Crippen LogP contribution in [0.3, 0.4) is 0 Å². The van der Waals surface area contributed by atoms with Crippen molar-refractivity contribution < 1.29 is 19.4 Å². The Morgan fingerprint density at radius 3 is 2.55 bits per heavy atom. The number of aryl methyl sites for hydroxylation is 1. The highest BCUT2D eigenvalue weighted by molar-refractivity contribution is 5.67. The molecule has 4 heteroatoms. The first-order valence-corrected chi connectivity index (χ1v) is 7.33. The van der Waals surface area contributed by atoms with Gasteiger partial charge in [0.15, 0.2) is 0 Å². The summed E-state index contributed by atoms with van der Waals surface area (Å²) < 4.78 is 11.4. The van der Waals surface area contributed by atoms with Crippen molar-refractivity contribution in [2.24, 2.45) is 0 Å². The molecule has 0 saturated carbocycles. The lowest BCUT2D eigenvalue weighted by Crippen LogP contribution is -2.02. The largest absolute Gasteiger partial charge is 0.493 e. The number of carboxylic acids is 1. The lowest BCUT2D eigenvalue weighted by molar-refractivity contribution is -0.136.